The van der Waals surface area contributed by atoms with E-state index in [9.17, 15) is 14.4 Å². The fourth-order valence-corrected chi connectivity index (χ4v) is 0.550. The summed E-state index contributed by atoms with van der Waals surface area (Å²) in [6.07, 6.45) is 3.15. The molecule has 23 heavy (non-hydrogen) atoms. The molecule has 0 rings (SSSR count). The summed E-state index contributed by atoms with van der Waals surface area (Å²) in [5, 5.41) is 7.89. The van der Waals surface area contributed by atoms with Gasteiger partial charge in [0, 0.05) is 17.2 Å². The number of carboxylic acid groups (broad SMARTS) is 1. The van der Waals surface area contributed by atoms with Crippen LogP contribution in [0.2, 0.25) is 0 Å². The summed E-state index contributed by atoms with van der Waals surface area (Å²) in [5.74, 6) is -1.61. The van der Waals surface area contributed by atoms with Crippen molar-refractivity contribution in [3.8, 4) is 0 Å². The first-order chi connectivity index (χ1) is 10.1. The Hall–Kier alpha value is -2.41. The molecule has 0 fully saturated rings. The molecule has 0 aliphatic rings. The molecule has 0 spiro atoms. The van der Waals surface area contributed by atoms with E-state index >= 15 is 0 Å². The van der Waals surface area contributed by atoms with Crippen molar-refractivity contribution in [3.63, 3.8) is 0 Å². The van der Waals surface area contributed by atoms with Gasteiger partial charge in [0.15, 0.2) is 0 Å². The second-order valence-corrected chi connectivity index (χ2v) is 4.08. The van der Waals surface area contributed by atoms with Crippen LogP contribution in [-0.2, 0) is 23.9 Å². The summed E-state index contributed by atoms with van der Waals surface area (Å²) in [6.45, 7) is 15.4. The predicted octanol–water partition coefficient (Wildman–Crippen LogP) is 3.06. The van der Waals surface area contributed by atoms with Crippen molar-refractivity contribution in [3.05, 3.63) is 37.0 Å². The Balaban J connectivity index is -0.000000118. The molecule has 0 unspecified atom stereocenters. The molecule has 0 aromatic rings. The zero-order chi connectivity index (χ0) is 18.1. The molecule has 0 atom stereocenters. The maximum absolute atomic E-state index is 10.3. The van der Waals surface area contributed by atoms with Crippen molar-refractivity contribution in [2.75, 3.05) is 13.7 Å². The number of methoxy groups -OCH3 is 1. The number of aliphatic carboxylic acids is 1. The second kappa shape index (κ2) is 19.6. The molecule has 0 bridgehead atoms. The number of carboxylic acids is 1. The normalized spacial score (nSPS) is 7.65. The van der Waals surface area contributed by atoms with Crippen molar-refractivity contribution in [2.45, 2.75) is 33.6 Å². The standard InChI is InChI=1S/C7H12O2.C5H8O2.C4H6O2.H3N/c1-3-5-6-9-7(8)4-2;1-4(2)5(6)7-3;1-3(2)4(5)6;/h4H,2-3,5-6H2,1H3;1H2,2-3H3;1H2,2H3,(H,5,6);1H3. The van der Waals surface area contributed by atoms with Crippen molar-refractivity contribution in [1.29, 1.82) is 0 Å². The lowest BCUT2D eigenvalue weighted by Crippen LogP contribution is -2.00. The summed E-state index contributed by atoms with van der Waals surface area (Å²) in [7, 11) is 1.33. The minimum absolute atomic E-state index is 0. The summed E-state index contributed by atoms with van der Waals surface area (Å²) in [5.41, 5.74) is 0.609. The van der Waals surface area contributed by atoms with Crippen molar-refractivity contribution in [1.82, 2.24) is 6.15 Å². The third kappa shape index (κ3) is 28.5. The lowest BCUT2D eigenvalue weighted by atomic mass is 10.4. The van der Waals surface area contributed by atoms with Crippen LogP contribution in [0.15, 0.2) is 37.0 Å². The van der Waals surface area contributed by atoms with Crippen LogP contribution in [0.1, 0.15) is 33.6 Å². The van der Waals surface area contributed by atoms with Gasteiger partial charge in [-0.2, -0.15) is 0 Å². The molecule has 0 amide bonds. The fourth-order valence-electron chi connectivity index (χ4n) is 0.550. The van der Waals surface area contributed by atoms with E-state index in [2.05, 4.69) is 29.2 Å². The second-order valence-electron chi connectivity index (χ2n) is 4.08. The van der Waals surface area contributed by atoms with E-state index in [1.54, 1.807) is 6.92 Å². The molecule has 0 heterocycles. The van der Waals surface area contributed by atoms with Crippen LogP contribution in [0.3, 0.4) is 0 Å². The van der Waals surface area contributed by atoms with Gasteiger partial charge in [0.25, 0.3) is 0 Å². The Morgan fingerprint density at radius 1 is 1.13 bits per heavy atom. The molecule has 0 saturated heterocycles. The Kier molecular flexibility index (Phi) is 24.5. The van der Waals surface area contributed by atoms with E-state index in [1.165, 1.54) is 20.1 Å². The number of carbonyl (C=O) groups is 3. The number of unbranched alkanes of at least 4 members (excludes halogenated alkanes) is 1. The predicted molar refractivity (Wildman–Crippen MR) is 90.4 cm³/mol. The zero-order valence-corrected chi connectivity index (χ0v) is 14.5. The van der Waals surface area contributed by atoms with Crippen molar-refractivity contribution < 1.29 is 29.0 Å². The number of hydrogen-bond donors (Lipinski definition) is 2. The lowest BCUT2D eigenvalue weighted by Gasteiger charge is -1.97. The lowest BCUT2D eigenvalue weighted by molar-refractivity contribution is -0.138. The average Bonchev–Trinajstić information content (AvgIpc) is 2.47. The molecule has 0 radical (unpaired) electrons. The molecule has 134 valence electrons. The summed E-state index contributed by atoms with van der Waals surface area (Å²) in [4.78, 5) is 30.1. The quantitative estimate of drug-likeness (QED) is 0.435. The first-order valence-corrected chi connectivity index (χ1v) is 6.55. The average molecular weight is 331 g/mol. The largest absolute Gasteiger partial charge is 0.478 e. The minimum Gasteiger partial charge on any atom is -0.478 e. The van der Waals surface area contributed by atoms with Gasteiger partial charge in [-0.15, -0.1) is 0 Å². The van der Waals surface area contributed by atoms with Crippen molar-refractivity contribution in [2.24, 2.45) is 0 Å². The van der Waals surface area contributed by atoms with Crippen LogP contribution < -0.4 is 6.15 Å². The van der Waals surface area contributed by atoms with Crippen LogP contribution in [0, 0.1) is 0 Å². The maximum Gasteiger partial charge on any atom is 0.332 e. The highest BCUT2D eigenvalue weighted by Gasteiger charge is 1.95. The molecule has 4 N–H and O–H groups in total. The molecule has 7 nitrogen and oxygen atoms in total. The Morgan fingerprint density at radius 2 is 1.57 bits per heavy atom. The van der Waals surface area contributed by atoms with Crippen LogP contribution >= 0.6 is 0 Å². The third-order valence-corrected chi connectivity index (χ3v) is 1.81. The highest BCUT2D eigenvalue weighted by Crippen LogP contribution is 1.88. The number of carbonyl (C=O) groups excluding carboxylic acids is 2. The summed E-state index contributed by atoms with van der Waals surface area (Å²) in [6, 6.07) is 0. The van der Waals surface area contributed by atoms with Gasteiger partial charge in [-0.3, -0.25) is 0 Å². The van der Waals surface area contributed by atoms with Gasteiger partial charge in [0.05, 0.1) is 13.7 Å². The van der Waals surface area contributed by atoms with Crippen LogP contribution in [0.5, 0.6) is 0 Å². The molecule has 0 aromatic heterocycles. The van der Waals surface area contributed by atoms with Gasteiger partial charge in [-0.25, -0.2) is 14.4 Å². The Labute approximate surface area is 138 Å². The van der Waals surface area contributed by atoms with E-state index in [-0.39, 0.29) is 23.7 Å². The summed E-state index contributed by atoms with van der Waals surface area (Å²) >= 11 is 0. The summed E-state index contributed by atoms with van der Waals surface area (Å²) < 4.78 is 8.95. The molecule has 0 aliphatic carbocycles. The van der Waals surface area contributed by atoms with E-state index in [4.69, 9.17) is 5.11 Å². The minimum atomic E-state index is -0.935. The van der Waals surface area contributed by atoms with E-state index in [0.29, 0.717) is 12.2 Å². The molecular formula is C16H29NO6. The Morgan fingerprint density at radius 3 is 1.74 bits per heavy atom. The van der Waals surface area contributed by atoms with Crippen LogP contribution in [0.25, 0.3) is 0 Å². The Bertz CT molecular complexity index is 389. The first kappa shape index (κ1) is 28.7. The van der Waals surface area contributed by atoms with E-state index in [0.717, 1.165) is 12.8 Å². The van der Waals surface area contributed by atoms with Gasteiger partial charge in [0.2, 0.25) is 0 Å². The number of rotatable bonds is 6. The molecule has 0 saturated carbocycles. The maximum atomic E-state index is 10.3. The monoisotopic (exact) mass is 331 g/mol. The van der Waals surface area contributed by atoms with Crippen LogP contribution in [-0.4, -0.2) is 36.7 Å². The number of hydrogen-bond acceptors (Lipinski definition) is 6. The topological polar surface area (TPSA) is 125 Å². The molecular weight excluding hydrogens is 302 g/mol. The first-order valence-electron chi connectivity index (χ1n) is 6.55. The fraction of sp³-hybridized carbons (Fsp3) is 0.438. The molecule has 0 aromatic carbocycles. The molecule has 0 aliphatic heterocycles. The zero-order valence-electron chi connectivity index (χ0n) is 14.5. The van der Waals surface area contributed by atoms with Gasteiger partial charge in [0.1, 0.15) is 0 Å². The van der Waals surface area contributed by atoms with E-state index < -0.39 is 5.97 Å². The van der Waals surface area contributed by atoms with Gasteiger partial charge >= 0.3 is 17.9 Å². The van der Waals surface area contributed by atoms with E-state index in [1.807, 2.05) is 6.92 Å². The van der Waals surface area contributed by atoms with Gasteiger partial charge in [-0.1, -0.05) is 33.1 Å². The van der Waals surface area contributed by atoms with Gasteiger partial charge < -0.3 is 20.7 Å². The SMILES string of the molecule is C=C(C)C(=O)O.C=C(C)C(=O)OC.C=CC(=O)OCCCC.N. The highest BCUT2D eigenvalue weighted by atomic mass is 16.5. The number of ether oxygens (including phenoxy) is 2. The molecule has 7 heteroatoms. The number of esters is 2. The third-order valence-electron chi connectivity index (χ3n) is 1.81. The van der Waals surface area contributed by atoms with Crippen molar-refractivity contribution >= 4 is 17.9 Å². The van der Waals surface area contributed by atoms with Crippen LogP contribution in [0.4, 0.5) is 0 Å². The smallest absolute Gasteiger partial charge is 0.332 e. The van der Waals surface area contributed by atoms with Gasteiger partial charge in [-0.05, 0) is 20.3 Å². The highest BCUT2D eigenvalue weighted by molar-refractivity contribution is 5.86.